The third-order valence-corrected chi connectivity index (χ3v) is 3.19. The molecule has 1 atom stereocenters. The topological polar surface area (TPSA) is 47.3 Å². The van der Waals surface area contributed by atoms with Crippen LogP contribution in [-0.2, 0) is 0 Å². The van der Waals surface area contributed by atoms with Gasteiger partial charge in [-0.15, -0.1) is 0 Å². The van der Waals surface area contributed by atoms with Gasteiger partial charge in [-0.1, -0.05) is 47.5 Å². The molecule has 0 aromatic heterocycles. The molecule has 0 saturated carbocycles. The molecule has 0 amide bonds. The first-order valence-corrected chi connectivity index (χ1v) is 6.59. The number of ether oxygens (including phenoxy) is 1. The van der Waals surface area contributed by atoms with E-state index in [1.54, 1.807) is 18.2 Å². The fourth-order valence-electron chi connectivity index (χ4n) is 2.46. The van der Waals surface area contributed by atoms with Crippen molar-refractivity contribution in [1.82, 2.24) is 5.43 Å². The summed E-state index contributed by atoms with van der Waals surface area (Å²) in [7, 11) is 0. The van der Waals surface area contributed by atoms with Crippen LogP contribution in [0.25, 0.3) is 0 Å². The SMILES string of the molecule is Cc1cc(C)cc(C(NN)c2ccccc2OC(F)F)c1. The van der Waals surface area contributed by atoms with E-state index in [-0.39, 0.29) is 5.75 Å². The Labute approximate surface area is 122 Å². The van der Waals surface area contributed by atoms with Crippen LogP contribution in [-0.4, -0.2) is 6.61 Å². The van der Waals surface area contributed by atoms with Gasteiger partial charge < -0.3 is 4.74 Å². The lowest BCUT2D eigenvalue weighted by Gasteiger charge is -2.21. The molecule has 3 nitrogen and oxygen atoms in total. The second kappa shape index (κ2) is 6.65. The van der Waals surface area contributed by atoms with Gasteiger partial charge in [0, 0.05) is 5.56 Å². The van der Waals surface area contributed by atoms with Crippen LogP contribution in [0.2, 0.25) is 0 Å². The van der Waals surface area contributed by atoms with Crippen molar-refractivity contribution in [3.05, 3.63) is 64.7 Å². The van der Waals surface area contributed by atoms with Crippen LogP contribution in [0.4, 0.5) is 8.78 Å². The Hall–Kier alpha value is -1.98. The predicted molar refractivity (Wildman–Crippen MR) is 78.2 cm³/mol. The van der Waals surface area contributed by atoms with Crippen LogP contribution in [0.3, 0.4) is 0 Å². The number of rotatable bonds is 5. The molecule has 0 saturated heterocycles. The number of nitrogens with two attached hydrogens (primary N) is 1. The number of hydrogen-bond acceptors (Lipinski definition) is 3. The van der Waals surface area contributed by atoms with Crippen molar-refractivity contribution in [2.24, 2.45) is 5.84 Å². The second-order valence-electron chi connectivity index (χ2n) is 4.94. The van der Waals surface area contributed by atoms with E-state index in [9.17, 15) is 8.78 Å². The molecule has 0 aliphatic carbocycles. The molecule has 0 radical (unpaired) electrons. The minimum Gasteiger partial charge on any atom is -0.434 e. The summed E-state index contributed by atoms with van der Waals surface area (Å²) in [6, 6.07) is 12.2. The molecule has 0 bridgehead atoms. The summed E-state index contributed by atoms with van der Waals surface area (Å²) < 4.78 is 29.6. The van der Waals surface area contributed by atoms with E-state index in [0.29, 0.717) is 5.56 Å². The summed E-state index contributed by atoms with van der Waals surface area (Å²) in [6.07, 6.45) is 0. The van der Waals surface area contributed by atoms with Gasteiger partial charge in [-0.3, -0.25) is 5.84 Å². The molecule has 0 fully saturated rings. The van der Waals surface area contributed by atoms with Gasteiger partial charge in [-0.25, -0.2) is 5.43 Å². The Kier molecular flexibility index (Phi) is 4.88. The average molecular weight is 292 g/mol. The highest BCUT2D eigenvalue weighted by atomic mass is 19.3. The largest absolute Gasteiger partial charge is 0.434 e. The van der Waals surface area contributed by atoms with Crippen molar-refractivity contribution in [2.45, 2.75) is 26.5 Å². The van der Waals surface area contributed by atoms with E-state index >= 15 is 0 Å². The number of benzene rings is 2. The maximum Gasteiger partial charge on any atom is 0.387 e. The fraction of sp³-hybridized carbons (Fsp3) is 0.250. The van der Waals surface area contributed by atoms with Crippen LogP contribution < -0.4 is 16.0 Å². The second-order valence-corrected chi connectivity index (χ2v) is 4.94. The van der Waals surface area contributed by atoms with E-state index in [4.69, 9.17) is 5.84 Å². The monoisotopic (exact) mass is 292 g/mol. The van der Waals surface area contributed by atoms with Crippen molar-refractivity contribution in [2.75, 3.05) is 0 Å². The quantitative estimate of drug-likeness (QED) is 0.655. The molecule has 0 aliphatic rings. The molecule has 0 aliphatic heterocycles. The standard InChI is InChI=1S/C16H18F2N2O/c1-10-7-11(2)9-12(8-10)15(20-19)13-5-3-4-6-14(13)21-16(17)18/h3-9,15-16,20H,19H2,1-2H3. The normalized spacial score (nSPS) is 12.5. The van der Waals surface area contributed by atoms with Gasteiger partial charge in [0.2, 0.25) is 0 Å². The zero-order chi connectivity index (χ0) is 15.4. The first-order chi connectivity index (χ1) is 10.0. The van der Waals surface area contributed by atoms with Crippen molar-refractivity contribution in [3.63, 3.8) is 0 Å². The maximum absolute atomic E-state index is 12.5. The Bertz CT molecular complexity index is 597. The molecule has 1 unspecified atom stereocenters. The van der Waals surface area contributed by atoms with E-state index in [2.05, 4.69) is 10.2 Å². The zero-order valence-corrected chi connectivity index (χ0v) is 11.9. The highest BCUT2D eigenvalue weighted by Crippen LogP contribution is 2.31. The van der Waals surface area contributed by atoms with E-state index in [1.807, 2.05) is 32.0 Å². The molecule has 21 heavy (non-hydrogen) atoms. The molecule has 0 heterocycles. The van der Waals surface area contributed by atoms with Gasteiger partial charge in [-0.2, -0.15) is 8.78 Å². The van der Waals surface area contributed by atoms with Crippen molar-refractivity contribution >= 4 is 0 Å². The van der Waals surface area contributed by atoms with Gasteiger partial charge >= 0.3 is 6.61 Å². The van der Waals surface area contributed by atoms with Gasteiger partial charge in [0.1, 0.15) is 5.75 Å². The number of aryl methyl sites for hydroxylation is 2. The molecule has 2 rings (SSSR count). The number of alkyl halides is 2. The van der Waals surface area contributed by atoms with Crippen LogP contribution in [0.1, 0.15) is 28.3 Å². The average Bonchev–Trinajstić information content (AvgIpc) is 2.40. The van der Waals surface area contributed by atoms with E-state index in [0.717, 1.165) is 16.7 Å². The summed E-state index contributed by atoms with van der Waals surface area (Å²) in [4.78, 5) is 0. The van der Waals surface area contributed by atoms with Crippen molar-refractivity contribution in [3.8, 4) is 5.75 Å². The minimum atomic E-state index is -2.87. The summed E-state index contributed by atoms with van der Waals surface area (Å²) >= 11 is 0. The number of hydrogen-bond donors (Lipinski definition) is 2. The molecule has 2 aromatic rings. The maximum atomic E-state index is 12.5. The van der Waals surface area contributed by atoms with Crippen molar-refractivity contribution < 1.29 is 13.5 Å². The van der Waals surface area contributed by atoms with Crippen molar-refractivity contribution in [1.29, 1.82) is 0 Å². The fourth-order valence-corrected chi connectivity index (χ4v) is 2.46. The van der Waals surface area contributed by atoms with Crippen LogP contribution in [0, 0.1) is 13.8 Å². The minimum absolute atomic E-state index is 0.120. The lowest BCUT2D eigenvalue weighted by molar-refractivity contribution is -0.0506. The highest BCUT2D eigenvalue weighted by Gasteiger charge is 2.19. The summed E-state index contributed by atoms with van der Waals surface area (Å²) in [6.45, 7) is 1.08. The van der Waals surface area contributed by atoms with Crippen LogP contribution in [0.15, 0.2) is 42.5 Å². The first kappa shape index (κ1) is 15.4. The molecule has 0 spiro atoms. The molecular weight excluding hydrogens is 274 g/mol. The highest BCUT2D eigenvalue weighted by molar-refractivity contribution is 5.43. The Morgan fingerprint density at radius 3 is 2.24 bits per heavy atom. The number of halogens is 2. The molecular formula is C16H18F2N2O. The molecule has 5 heteroatoms. The van der Waals surface area contributed by atoms with Gasteiger partial charge in [0.25, 0.3) is 0 Å². The van der Waals surface area contributed by atoms with Gasteiger partial charge in [0.05, 0.1) is 6.04 Å². The molecule has 3 N–H and O–H groups in total. The predicted octanol–water partition coefficient (Wildman–Crippen LogP) is 3.46. The first-order valence-electron chi connectivity index (χ1n) is 6.59. The Morgan fingerprint density at radius 1 is 1.05 bits per heavy atom. The number of hydrazine groups is 1. The summed E-state index contributed by atoms with van der Waals surface area (Å²) in [5.41, 5.74) is 6.32. The number of nitrogens with one attached hydrogen (secondary N) is 1. The zero-order valence-electron chi connectivity index (χ0n) is 11.9. The summed E-state index contributed by atoms with van der Waals surface area (Å²) in [5, 5.41) is 0. The number of para-hydroxylation sites is 1. The van der Waals surface area contributed by atoms with E-state index in [1.165, 1.54) is 6.07 Å². The third kappa shape index (κ3) is 3.77. The summed E-state index contributed by atoms with van der Waals surface area (Å²) in [5.74, 6) is 5.76. The Morgan fingerprint density at radius 2 is 1.67 bits per heavy atom. The smallest absolute Gasteiger partial charge is 0.387 e. The third-order valence-electron chi connectivity index (χ3n) is 3.19. The Balaban J connectivity index is 2.46. The lowest BCUT2D eigenvalue weighted by Crippen LogP contribution is -2.29. The van der Waals surface area contributed by atoms with Gasteiger partial charge in [-0.05, 0) is 25.5 Å². The van der Waals surface area contributed by atoms with Crippen LogP contribution >= 0.6 is 0 Å². The molecule has 112 valence electrons. The lowest BCUT2D eigenvalue weighted by atomic mass is 9.95. The van der Waals surface area contributed by atoms with E-state index < -0.39 is 12.7 Å². The molecule has 2 aromatic carbocycles. The van der Waals surface area contributed by atoms with Crippen LogP contribution in [0.5, 0.6) is 5.75 Å². The van der Waals surface area contributed by atoms with Gasteiger partial charge in [0.15, 0.2) is 0 Å².